The number of nitrogens with one attached hydrogen (secondary N) is 1. The highest BCUT2D eigenvalue weighted by Crippen LogP contribution is 2.25. The molecule has 1 aromatic rings. The molecule has 2 rings (SSSR count). The minimum Gasteiger partial charge on any atom is -0.476 e. The molecule has 3 heteroatoms. The van der Waals surface area contributed by atoms with E-state index in [0.29, 0.717) is 12.5 Å². The van der Waals surface area contributed by atoms with Crippen LogP contribution in [0.4, 0.5) is 0 Å². The molecule has 16 heavy (non-hydrogen) atoms. The van der Waals surface area contributed by atoms with Crippen LogP contribution in [0.25, 0.3) is 0 Å². The van der Waals surface area contributed by atoms with Gasteiger partial charge in [-0.05, 0) is 18.9 Å². The van der Waals surface area contributed by atoms with E-state index in [0.717, 1.165) is 31.8 Å². The van der Waals surface area contributed by atoms with Gasteiger partial charge in [0.1, 0.15) is 6.61 Å². The predicted octanol–water partition coefficient (Wildman–Crippen LogP) is 2.47. The Morgan fingerprint density at radius 3 is 2.94 bits per heavy atom. The maximum Gasteiger partial charge on any atom is 0.218 e. The monoisotopic (exact) mass is 220 g/mol. The number of hydrogen-bond acceptors (Lipinski definition) is 3. The summed E-state index contributed by atoms with van der Waals surface area (Å²) in [7, 11) is 0. The number of nitrogens with zero attached hydrogens (tertiary/aromatic N) is 1. The van der Waals surface area contributed by atoms with E-state index in [-0.39, 0.29) is 0 Å². The lowest BCUT2D eigenvalue weighted by molar-refractivity contribution is 0.312. The third-order valence-corrected chi connectivity index (χ3v) is 3.20. The van der Waals surface area contributed by atoms with E-state index in [1.807, 2.05) is 0 Å². The van der Waals surface area contributed by atoms with Crippen LogP contribution in [-0.4, -0.2) is 18.1 Å². The number of hydrogen-bond donors (Lipinski definition) is 1. The van der Waals surface area contributed by atoms with Crippen LogP contribution in [0.1, 0.15) is 43.9 Å². The fourth-order valence-corrected chi connectivity index (χ4v) is 2.12. The second-order valence-electron chi connectivity index (χ2n) is 4.24. The molecule has 0 amide bonds. The second kappa shape index (κ2) is 5.30. The van der Waals surface area contributed by atoms with Crippen LogP contribution in [0.15, 0.2) is 12.1 Å². The summed E-state index contributed by atoms with van der Waals surface area (Å²) in [6.07, 6.45) is 2.28. The molecule has 0 radical (unpaired) electrons. The molecule has 1 aliphatic heterocycles. The Hall–Kier alpha value is -1.09. The lowest BCUT2D eigenvalue weighted by Crippen LogP contribution is -2.16. The zero-order chi connectivity index (χ0) is 11.4. The first kappa shape index (κ1) is 11.4. The fourth-order valence-electron chi connectivity index (χ4n) is 2.12. The molecule has 0 fully saturated rings. The number of ether oxygens (including phenoxy) is 1. The summed E-state index contributed by atoms with van der Waals surface area (Å²) < 4.78 is 5.65. The molecule has 0 atom stereocenters. The van der Waals surface area contributed by atoms with E-state index in [1.165, 1.54) is 11.3 Å². The minimum atomic E-state index is 0.560. The van der Waals surface area contributed by atoms with Crippen LogP contribution in [0.5, 0.6) is 5.88 Å². The van der Waals surface area contributed by atoms with Crippen molar-refractivity contribution in [1.29, 1.82) is 0 Å². The largest absolute Gasteiger partial charge is 0.476 e. The summed E-state index contributed by atoms with van der Waals surface area (Å²) in [6, 6.07) is 4.29. The Bertz CT molecular complexity index is 348. The summed E-state index contributed by atoms with van der Waals surface area (Å²) >= 11 is 0. The van der Waals surface area contributed by atoms with E-state index in [9.17, 15) is 0 Å². The highest BCUT2D eigenvalue weighted by molar-refractivity contribution is 5.30. The minimum absolute atomic E-state index is 0.560. The van der Waals surface area contributed by atoms with Crippen LogP contribution < -0.4 is 10.1 Å². The molecule has 0 aromatic carbocycles. The molecule has 1 aromatic heterocycles. The van der Waals surface area contributed by atoms with Gasteiger partial charge >= 0.3 is 0 Å². The zero-order valence-corrected chi connectivity index (χ0v) is 10.1. The Morgan fingerprint density at radius 2 is 2.19 bits per heavy atom. The highest BCUT2D eigenvalue weighted by Gasteiger charge is 2.14. The van der Waals surface area contributed by atoms with E-state index in [1.54, 1.807) is 0 Å². The molecule has 3 nitrogen and oxygen atoms in total. The van der Waals surface area contributed by atoms with E-state index in [2.05, 4.69) is 36.3 Å². The first-order chi connectivity index (χ1) is 7.85. The normalized spacial score (nSPS) is 15.4. The maximum absolute atomic E-state index is 5.65. The molecule has 0 spiro atoms. The van der Waals surface area contributed by atoms with Crippen LogP contribution in [0.3, 0.4) is 0 Å². The number of fused-ring (bicyclic) bond motifs is 1. The topological polar surface area (TPSA) is 34.1 Å². The van der Waals surface area contributed by atoms with Crippen LogP contribution in [-0.2, 0) is 6.54 Å². The Morgan fingerprint density at radius 1 is 1.38 bits per heavy atom. The van der Waals surface area contributed by atoms with Crippen molar-refractivity contribution < 1.29 is 4.74 Å². The molecular formula is C13H20N2O. The van der Waals surface area contributed by atoms with Gasteiger partial charge in [0.05, 0.1) is 0 Å². The summed E-state index contributed by atoms with van der Waals surface area (Å²) in [5.41, 5.74) is 2.35. The van der Waals surface area contributed by atoms with Crippen molar-refractivity contribution >= 4 is 0 Å². The molecule has 2 heterocycles. The Labute approximate surface area is 97.2 Å². The van der Waals surface area contributed by atoms with Gasteiger partial charge in [-0.25, -0.2) is 4.98 Å². The molecular weight excluding hydrogens is 200 g/mol. The fraction of sp³-hybridized carbons (Fsp3) is 0.615. The van der Waals surface area contributed by atoms with Crippen molar-refractivity contribution in [1.82, 2.24) is 10.3 Å². The summed E-state index contributed by atoms with van der Waals surface area (Å²) in [5.74, 6) is 1.39. The van der Waals surface area contributed by atoms with Crippen molar-refractivity contribution in [2.45, 2.75) is 39.2 Å². The van der Waals surface area contributed by atoms with Crippen molar-refractivity contribution in [2.24, 2.45) is 0 Å². The van der Waals surface area contributed by atoms with Gasteiger partial charge in [0, 0.05) is 30.3 Å². The SMILES string of the molecule is CCC(CC)c1ccc2c(n1)OCCNC2. The van der Waals surface area contributed by atoms with Crippen LogP contribution in [0.2, 0.25) is 0 Å². The molecule has 0 aliphatic carbocycles. The van der Waals surface area contributed by atoms with Crippen molar-refractivity contribution in [3.63, 3.8) is 0 Å². The van der Waals surface area contributed by atoms with Gasteiger partial charge in [-0.1, -0.05) is 19.9 Å². The first-order valence-corrected chi connectivity index (χ1v) is 6.18. The smallest absolute Gasteiger partial charge is 0.218 e. The van der Waals surface area contributed by atoms with Crippen molar-refractivity contribution in [3.05, 3.63) is 23.4 Å². The number of pyridine rings is 1. The quantitative estimate of drug-likeness (QED) is 0.849. The standard InChI is InChI=1S/C13H20N2O/c1-3-10(4-2)12-6-5-11-9-14-7-8-16-13(11)15-12/h5-6,10,14H,3-4,7-9H2,1-2H3. The Balaban J connectivity index is 2.26. The third kappa shape index (κ3) is 2.35. The van der Waals surface area contributed by atoms with E-state index < -0.39 is 0 Å². The second-order valence-corrected chi connectivity index (χ2v) is 4.24. The van der Waals surface area contributed by atoms with Gasteiger partial charge in [-0.15, -0.1) is 0 Å². The summed E-state index contributed by atoms with van der Waals surface area (Å²) in [6.45, 7) is 6.91. The first-order valence-electron chi connectivity index (χ1n) is 6.18. The van der Waals surface area contributed by atoms with Crippen molar-refractivity contribution in [3.8, 4) is 5.88 Å². The summed E-state index contributed by atoms with van der Waals surface area (Å²) in [5, 5.41) is 3.32. The third-order valence-electron chi connectivity index (χ3n) is 3.20. The molecule has 0 saturated heterocycles. The van der Waals surface area contributed by atoms with E-state index >= 15 is 0 Å². The zero-order valence-electron chi connectivity index (χ0n) is 10.1. The van der Waals surface area contributed by atoms with Crippen LogP contribution in [0, 0.1) is 0 Å². The molecule has 0 bridgehead atoms. The van der Waals surface area contributed by atoms with Crippen molar-refractivity contribution in [2.75, 3.05) is 13.2 Å². The summed E-state index contributed by atoms with van der Waals surface area (Å²) in [4.78, 5) is 4.65. The van der Waals surface area contributed by atoms with Gasteiger partial charge in [0.15, 0.2) is 0 Å². The average Bonchev–Trinajstić information content (AvgIpc) is 2.55. The van der Waals surface area contributed by atoms with E-state index in [4.69, 9.17) is 4.74 Å². The lowest BCUT2D eigenvalue weighted by atomic mass is 9.98. The average molecular weight is 220 g/mol. The lowest BCUT2D eigenvalue weighted by Gasteiger charge is -2.14. The number of rotatable bonds is 3. The van der Waals surface area contributed by atoms with Gasteiger partial charge < -0.3 is 10.1 Å². The van der Waals surface area contributed by atoms with Gasteiger partial charge in [-0.2, -0.15) is 0 Å². The maximum atomic E-state index is 5.65. The molecule has 0 saturated carbocycles. The molecule has 1 N–H and O–H groups in total. The predicted molar refractivity (Wildman–Crippen MR) is 64.8 cm³/mol. The van der Waals surface area contributed by atoms with Gasteiger partial charge in [0.2, 0.25) is 5.88 Å². The number of aromatic nitrogens is 1. The highest BCUT2D eigenvalue weighted by atomic mass is 16.5. The molecule has 88 valence electrons. The van der Waals surface area contributed by atoms with Gasteiger partial charge in [-0.3, -0.25) is 0 Å². The van der Waals surface area contributed by atoms with Crippen LogP contribution >= 0.6 is 0 Å². The Kier molecular flexibility index (Phi) is 3.78. The molecule has 1 aliphatic rings. The van der Waals surface area contributed by atoms with Gasteiger partial charge in [0.25, 0.3) is 0 Å². The molecule has 0 unspecified atom stereocenters.